The highest BCUT2D eigenvalue weighted by Gasteiger charge is 2.07. The first-order chi connectivity index (χ1) is 10.5. The van der Waals surface area contributed by atoms with E-state index in [0.29, 0.717) is 13.1 Å². The van der Waals surface area contributed by atoms with Crippen LogP contribution in [0.25, 0.3) is 0 Å². The molecule has 1 atom stereocenters. The van der Waals surface area contributed by atoms with Crippen LogP contribution in [0.4, 0.5) is 10.6 Å². The van der Waals surface area contributed by atoms with Crippen LogP contribution in [0, 0.1) is 0 Å². The molecule has 22 heavy (non-hydrogen) atoms. The first-order valence-electron chi connectivity index (χ1n) is 7.17. The predicted octanol–water partition coefficient (Wildman–Crippen LogP) is 1.23. The van der Waals surface area contributed by atoms with Crippen LogP contribution in [0.5, 0.6) is 0 Å². The average molecular weight is 302 g/mol. The fraction of sp³-hybridized carbons (Fsp3) is 0.400. The summed E-state index contributed by atoms with van der Waals surface area (Å²) in [6, 6.07) is 3.68. The third-order valence-corrected chi connectivity index (χ3v) is 3.14. The number of carbonyl (C=O) groups excluding carboxylic acids is 1. The van der Waals surface area contributed by atoms with Gasteiger partial charge in [-0.05, 0) is 24.6 Å². The highest BCUT2D eigenvalue weighted by Crippen LogP contribution is 2.09. The van der Waals surface area contributed by atoms with Crippen LogP contribution >= 0.6 is 0 Å². The normalized spacial score (nSPS) is 11.8. The average Bonchev–Trinajstić information content (AvgIpc) is 2.98. The smallest absolute Gasteiger partial charge is 0.315 e. The monoisotopic (exact) mass is 302 g/mol. The fourth-order valence-corrected chi connectivity index (χ4v) is 2.03. The van der Waals surface area contributed by atoms with Crippen LogP contribution in [-0.2, 0) is 13.1 Å². The molecule has 0 saturated carbocycles. The van der Waals surface area contributed by atoms with Crippen molar-refractivity contribution < 1.29 is 4.79 Å². The van der Waals surface area contributed by atoms with E-state index in [0.717, 1.165) is 11.4 Å². The van der Waals surface area contributed by atoms with Gasteiger partial charge >= 0.3 is 6.03 Å². The lowest BCUT2D eigenvalue weighted by Crippen LogP contribution is -2.42. The molecule has 0 fully saturated rings. The molecule has 2 rings (SSSR count). The maximum Gasteiger partial charge on any atom is 0.315 e. The van der Waals surface area contributed by atoms with Gasteiger partial charge in [-0.3, -0.25) is 0 Å². The number of imidazole rings is 1. The molecule has 2 N–H and O–H groups in total. The van der Waals surface area contributed by atoms with Gasteiger partial charge in [-0.15, -0.1) is 0 Å². The van der Waals surface area contributed by atoms with Crippen molar-refractivity contribution in [2.75, 3.05) is 19.0 Å². The van der Waals surface area contributed by atoms with Crippen LogP contribution in [0.3, 0.4) is 0 Å². The topological polar surface area (TPSA) is 75.1 Å². The maximum absolute atomic E-state index is 11.9. The number of nitrogens with one attached hydrogen (secondary N) is 2. The van der Waals surface area contributed by atoms with E-state index in [1.165, 1.54) is 0 Å². The molecule has 0 aliphatic heterocycles. The third kappa shape index (κ3) is 4.76. The van der Waals surface area contributed by atoms with E-state index in [1.54, 1.807) is 18.7 Å². The summed E-state index contributed by atoms with van der Waals surface area (Å²) in [6.45, 7) is 3.11. The van der Waals surface area contributed by atoms with Crippen LogP contribution < -0.4 is 15.5 Å². The SMILES string of the molecule is CC(Cn1ccnc1)NC(=O)NCc1ccnc(N(C)C)c1. The Balaban J connectivity index is 1.78. The Morgan fingerprint density at radius 2 is 2.23 bits per heavy atom. The van der Waals surface area contributed by atoms with Crippen molar-refractivity contribution in [1.29, 1.82) is 0 Å². The van der Waals surface area contributed by atoms with Gasteiger partial charge < -0.3 is 20.1 Å². The van der Waals surface area contributed by atoms with E-state index >= 15 is 0 Å². The number of hydrogen-bond donors (Lipinski definition) is 2. The first-order valence-corrected chi connectivity index (χ1v) is 7.17. The Morgan fingerprint density at radius 1 is 1.41 bits per heavy atom. The number of carbonyl (C=O) groups is 1. The zero-order chi connectivity index (χ0) is 15.9. The summed E-state index contributed by atoms with van der Waals surface area (Å²) in [4.78, 5) is 22.1. The van der Waals surface area contributed by atoms with E-state index in [2.05, 4.69) is 20.6 Å². The van der Waals surface area contributed by atoms with Gasteiger partial charge in [0.2, 0.25) is 0 Å². The molecule has 2 amide bonds. The third-order valence-electron chi connectivity index (χ3n) is 3.14. The predicted molar refractivity (Wildman–Crippen MR) is 85.6 cm³/mol. The Labute approximate surface area is 130 Å². The van der Waals surface area contributed by atoms with Crippen molar-refractivity contribution in [2.24, 2.45) is 0 Å². The molecular formula is C15H22N6O. The first kappa shape index (κ1) is 15.8. The van der Waals surface area contributed by atoms with Crippen molar-refractivity contribution >= 4 is 11.8 Å². The molecule has 0 radical (unpaired) electrons. The van der Waals surface area contributed by atoms with Crippen LogP contribution in [-0.4, -0.2) is 40.7 Å². The molecule has 2 aromatic rings. The van der Waals surface area contributed by atoms with Gasteiger partial charge in [-0.25, -0.2) is 14.8 Å². The van der Waals surface area contributed by atoms with Gasteiger partial charge in [0.1, 0.15) is 5.82 Å². The number of pyridine rings is 1. The molecular weight excluding hydrogens is 280 g/mol. The van der Waals surface area contributed by atoms with E-state index in [-0.39, 0.29) is 12.1 Å². The molecule has 2 aromatic heterocycles. The maximum atomic E-state index is 11.9. The molecule has 0 aliphatic carbocycles. The Bertz CT molecular complexity index is 596. The van der Waals surface area contributed by atoms with Crippen LogP contribution in [0.1, 0.15) is 12.5 Å². The lowest BCUT2D eigenvalue weighted by molar-refractivity contribution is 0.236. The van der Waals surface area contributed by atoms with Crippen LogP contribution in [0.2, 0.25) is 0 Å². The standard InChI is InChI=1S/C15H22N6O/c1-12(10-21-7-6-16-11-21)19-15(22)18-9-13-4-5-17-14(8-13)20(2)3/h4-8,11-12H,9-10H2,1-3H3,(H2,18,19,22). The number of anilines is 1. The van der Waals surface area contributed by atoms with Crippen LogP contribution in [0.15, 0.2) is 37.1 Å². The van der Waals surface area contributed by atoms with Crippen molar-refractivity contribution in [3.05, 3.63) is 42.6 Å². The summed E-state index contributed by atoms with van der Waals surface area (Å²) in [5.41, 5.74) is 1.01. The largest absolute Gasteiger partial charge is 0.363 e. The highest BCUT2D eigenvalue weighted by atomic mass is 16.2. The number of amides is 2. The van der Waals surface area contributed by atoms with E-state index < -0.39 is 0 Å². The molecule has 7 nitrogen and oxygen atoms in total. The zero-order valence-electron chi connectivity index (χ0n) is 13.2. The van der Waals surface area contributed by atoms with Gasteiger partial charge in [-0.1, -0.05) is 0 Å². The Kier molecular flexibility index (Phi) is 5.35. The summed E-state index contributed by atoms with van der Waals surface area (Å²) < 4.78 is 1.93. The quantitative estimate of drug-likeness (QED) is 0.841. The Morgan fingerprint density at radius 3 is 2.91 bits per heavy atom. The van der Waals surface area contributed by atoms with Crippen molar-refractivity contribution in [1.82, 2.24) is 25.2 Å². The van der Waals surface area contributed by atoms with E-state index in [9.17, 15) is 4.79 Å². The minimum Gasteiger partial charge on any atom is -0.363 e. The molecule has 1 unspecified atom stereocenters. The van der Waals surface area contributed by atoms with Gasteiger partial charge in [-0.2, -0.15) is 0 Å². The molecule has 0 saturated heterocycles. The van der Waals surface area contributed by atoms with E-state index in [4.69, 9.17) is 0 Å². The van der Waals surface area contributed by atoms with Crippen molar-refractivity contribution in [3.63, 3.8) is 0 Å². The molecule has 2 heterocycles. The summed E-state index contributed by atoms with van der Waals surface area (Å²) in [7, 11) is 3.87. The molecule has 0 aromatic carbocycles. The lowest BCUT2D eigenvalue weighted by atomic mass is 10.2. The van der Waals surface area contributed by atoms with Crippen molar-refractivity contribution in [3.8, 4) is 0 Å². The molecule has 118 valence electrons. The highest BCUT2D eigenvalue weighted by molar-refractivity contribution is 5.74. The van der Waals surface area contributed by atoms with Gasteiger partial charge in [0.25, 0.3) is 0 Å². The summed E-state index contributed by atoms with van der Waals surface area (Å²) in [5, 5.41) is 5.76. The number of urea groups is 1. The second kappa shape index (κ2) is 7.44. The minimum atomic E-state index is -0.184. The number of nitrogens with zero attached hydrogens (tertiary/aromatic N) is 4. The van der Waals surface area contributed by atoms with Gasteiger partial charge in [0.15, 0.2) is 0 Å². The number of aromatic nitrogens is 3. The molecule has 7 heteroatoms. The summed E-state index contributed by atoms with van der Waals surface area (Å²) in [5.74, 6) is 0.869. The lowest BCUT2D eigenvalue weighted by Gasteiger charge is -2.16. The second-order valence-corrected chi connectivity index (χ2v) is 5.40. The minimum absolute atomic E-state index is 0.0176. The second-order valence-electron chi connectivity index (χ2n) is 5.40. The molecule has 0 bridgehead atoms. The summed E-state index contributed by atoms with van der Waals surface area (Å²) >= 11 is 0. The van der Waals surface area contributed by atoms with Crippen molar-refractivity contribution in [2.45, 2.75) is 26.1 Å². The van der Waals surface area contributed by atoms with Gasteiger partial charge in [0.05, 0.1) is 6.33 Å². The summed E-state index contributed by atoms with van der Waals surface area (Å²) in [6.07, 6.45) is 7.07. The zero-order valence-corrected chi connectivity index (χ0v) is 13.2. The Hall–Kier alpha value is -2.57. The molecule has 0 spiro atoms. The molecule has 0 aliphatic rings. The van der Waals surface area contributed by atoms with Gasteiger partial charge in [0, 0.05) is 51.8 Å². The number of hydrogen-bond acceptors (Lipinski definition) is 4. The fourth-order valence-electron chi connectivity index (χ4n) is 2.03. The van der Waals surface area contributed by atoms with E-state index in [1.807, 2.05) is 48.8 Å². The number of rotatable bonds is 6.